The van der Waals surface area contributed by atoms with E-state index in [2.05, 4.69) is 15.0 Å². The Hall–Kier alpha value is -2.03. The lowest BCUT2D eigenvalue weighted by Gasteiger charge is -2.00. The molecule has 2 aromatic heterocycles. The van der Waals surface area contributed by atoms with E-state index in [1.165, 1.54) is 11.6 Å². The quantitative estimate of drug-likeness (QED) is 0.737. The topological polar surface area (TPSA) is 92.8 Å². The fraction of sp³-hybridized carbons (Fsp3) is 0.500. The number of nitrogens with zero attached hydrogens (tertiary/aromatic N) is 2. The normalized spacial score (nSPS) is 11.6. The van der Waals surface area contributed by atoms with Crippen LogP contribution in [0.3, 0.4) is 0 Å². The maximum absolute atomic E-state index is 11.8. The highest BCUT2D eigenvalue weighted by Gasteiger charge is 2.10. The third-order valence-corrected chi connectivity index (χ3v) is 2.53. The van der Waals surface area contributed by atoms with Crippen LogP contribution >= 0.6 is 0 Å². The smallest absolute Gasteiger partial charge is 0.329 e. The summed E-state index contributed by atoms with van der Waals surface area (Å²) in [4.78, 5) is 31.8. The number of hydrogen-bond donors (Lipinski definition) is 2. The van der Waals surface area contributed by atoms with Gasteiger partial charge in [-0.2, -0.15) is 0 Å². The molecule has 0 aromatic carbocycles. The van der Waals surface area contributed by atoms with Crippen molar-refractivity contribution in [2.24, 2.45) is 7.05 Å². The average Bonchev–Trinajstić information content (AvgIpc) is 2.76. The number of alkyl halides is 2. The van der Waals surface area contributed by atoms with Crippen LogP contribution in [0.25, 0.3) is 11.2 Å². The first-order valence-electron chi connectivity index (χ1n) is 5.53. The Kier molecular flexibility index (Phi) is 3.74. The first-order chi connectivity index (χ1) is 8.99. The Balaban J connectivity index is 2.18. The third-order valence-electron chi connectivity index (χ3n) is 2.53. The van der Waals surface area contributed by atoms with Crippen molar-refractivity contribution in [1.82, 2.24) is 19.5 Å². The van der Waals surface area contributed by atoms with E-state index in [4.69, 9.17) is 4.74 Å². The maximum atomic E-state index is 11.8. The maximum Gasteiger partial charge on any atom is 0.329 e. The molecule has 0 saturated carbocycles. The molecule has 0 unspecified atom stereocenters. The zero-order chi connectivity index (χ0) is 14.0. The molecule has 2 aromatic rings. The minimum absolute atomic E-state index is 0.0516. The lowest BCUT2D eigenvalue weighted by atomic mass is 10.4. The minimum Gasteiger partial charge on any atom is -0.375 e. The Morgan fingerprint density at radius 3 is 2.79 bits per heavy atom. The first kappa shape index (κ1) is 13.4. The highest BCUT2D eigenvalue weighted by atomic mass is 19.3. The van der Waals surface area contributed by atoms with E-state index < -0.39 is 24.3 Å². The van der Waals surface area contributed by atoms with Crippen LogP contribution in [-0.4, -0.2) is 39.2 Å². The molecule has 0 aliphatic carbocycles. The summed E-state index contributed by atoms with van der Waals surface area (Å²) in [5.74, 6) is 0.399. The van der Waals surface area contributed by atoms with Gasteiger partial charge in [0.05, 0.1) is 6.61 Å². The number of H-pyrrole nitrogens is 2. The number of halogens is 2. The van der Waals surface area contributed by atoms with E-state index in [1.807, 2.05) is 0 Å². The predicted octanol–water partition coefficient (Wildman–Crippen LogP) is -0.226. The lowest BCUT2D eigenvalue weighted by molar-refractivity contribution is 0.0183. The fourth-order valence-electron chi connectivity index (χ4n) is 1.61. The van der Waals surface area contributed by atoms with Gasteiger partial charge in [-0.1, -0.05) is 0 Å². The van der Waals surface area contributed by atoms with Gasteiger partial charge in [-0.25, -0.2) is 18.6 Å². The summed E-state index contributed by atoms with van der Waals surface area (Å²) < 4.78 is 29.6. The van der Waals surface area contributed by atoms with E-state index in [9.17, 15) is 18.4 Å². The number of fused-ring (bicyclic) bond motifs is 1. The number of hydrogen-bond acceptors (Lipinski definition) is 4. The molecule has 0 amide bonds. The van der Waals surface area contributed by atoms with E-state index in [-0.39, 0.29) is 24.2 Å². The molecule has 2 heterocycles. The standard InChI is InChI=1S/C10H12F2N4O3/c1-16-8-7(9(17)15-10(16)18)13-6(14-8)2-3-19-4-5(11)12/h5H,2-4H2,1H3,(H,13,14)(H,15,17,18). The molecule has 0 radical (unpaired) electrons. The van der Waals surface area contributed by atoms with E-state index in [1.54, 1.807) is 0 Å². The van der Waals surface area contributed by atoms with Gasteiger partial charge in [0.2, 0.25) is 0 Å². The summed E-state index contributed by atoms with van der Waals surface area (Å²) >= 11 is 0. The largest absolute Gasteiger partial charge is 0.375 e. The summed E-state index contributed by atoms with van der Waals surface area (Å²) in [5.41, 5.74) is -0.738. The third kappa shape index (κ3) is 2.87. The van der Waals surface area contributed by atoms with Gasteiger partial charge in [0.15, 0.2) is 5.65 Å². The van der Waals surface area contributed by atoms with Crippen LogP contribution in [0.2, 0.25) is 0 Å². The SMILES string of the molecule is Cn1c(=O)[nH]c(=O)c2[nH]c(CCOCC(F)F)nc21. The molecule has 0 aliphatic rings. The van der Waals surface area contributed by atoms with Gasteiger partial charge in [0, 0.05) is 13.5 Å². The van der Waals surface area contributed by atoms with Crippen molar-refractivity contribution >= 4 is 11.2 Å². The molecule has 0 fully saturated rings. The second kappa shape index (κ2) is 5.31. The van der Waals surface area contributed by atoms with Crippen molar-refractivity contribution in [1.29, 1.82) is 0 Å². The molecule has 2 N–H and O–H groups in total. The Labute approximate surface area is 105 Å². The molecule has 0 atom stereocenters. The summed E-state index contributed by atoms with van der Waals surface area (Å²) in [5, 5.41) is 0. The second-order valence-corrected chi connectivity index (χ2v) is 3.92. The molecular formula is C10H12F2N4O3. The van der Waals surface area contributed by atoms with Crippen LogP contribution in [0.4, 0.5) is 8.78 Å². The monoisotopic (exact) mass is 274 g/mol. The van der Waals surface area contributed by atoms with Crippen molar-refractivity contribution in [3.05, 3.63) is 26.7 Å². The summed E-state index contributed by atoms with van der Waals surface area (Å²) in [6.45, 7) is -0.588. The second-order valence-electron chi connectivity index (χ2n) is 3.92. The summed E-state index contributed by atoms with van der Waals surface area (Å²) in [7, 11) is 1.47. The molecule has 2 rings (SSSR count). The van der Waals surface area contributed by atoms with E-state index in [0.29, 0.717) is 5.82 Å². The Bertz CT molecular complexity index is 688. The van der Waals surface area contributed by atoms with Crippen molar-refractivity contribution in [2.45, 2.75) is 12.8 Å². The number of rotatable bonds is 5. The molecule has 9 heteroatoms. The molecule has 0 bridgehead atoms. The molecule has 104 valence electrons. The Morgan fingerprint density at radius 2 is 2.11 bits per heavy atom. The molecule has 0 aliphatic heterocycles. The zero-order valence-electron chi connectivity index (χ0n) is 10.1. The Morgan fingerprint density at radius 1 is 1.37 bits per heavy atom. The van der Waals surface area contributed by atoms with Gasteiger partial charge in [0.1, 0.15) is 17.9 Å². The highest BCUT2D eigenvalue weighted by molar-refractivity contribution is 5.69. The number of aromatic nitrogens is 4. The molecule has 19 heavy (non-hydrogen) atoms. The van der Waals surface area contributed by atoms with Crippen LogP contribution < -0.4 is 11.2 Å². The molecular weight excluding hydrogens is 262 g/mol. The van der Waals surface area contributed by atoms with Gasteiger partial charge >= 0.3 is 5.69 Å². The van der Waals surface area contributed by atoms with Gasteiger partial charge in [0.25, 0.3) is 12.0 Å². The highest BCUT2D eigenvalue weighted by Crippen LogP contribution is 2.04. The average molecular weight is 274 g/mol. The fourth-order valence-corrected chi connectivity index (χ4v) is 1.61. The van der Waals surface area contributed by atoms with Crippen LogP contribution in [0.15, 0.2) is 9.59 Å². The summed E-state index contributed by atoms with van der Waals surface area (Å²) in [6, 6.07) is 0. The van der Waals surface area contributed by atoms with Crippen LogP contribution in [0, 0.1) is 0 Å². The predicted molar refractivity (Wildman–Crippen MR) is 62.5 cm³/mol. The molecule has 7 nitrogen and oxygen atoms in total. The first-order valence-corrected chi connectivity index (χ1v) is 5.53. The number of imidazole rings is 1. The van der Waals surface area contributed by atoms with Gasteiger partial charge in [-0.3, -0.25) is 14.3 Å². The lowest BCUT2D eigenvalue weighted by Crippen LogP contribution is -2.28. The van der Waals surface area contributed by atoms with E-state index in [0.717, 1.165) is 0 Å². The minimum atomic E-state index is -2.51. The molecule has 0 spiro atoms. The number of aromatic amines is 2. The number of ether oxygens (including phenoxy) is 1. The van der Waals surface area contributed by atoms with Crippen molar-refractivity contribution in [3.63, 3.8) is 0 Å². The van der Waals surface area contributed by atoms with Crippen molar-refractivity contribution < 1.29 is 13.5 Å². The van der Waals surface area contributed by atoms with Gasteiger partial charge in [-0.15, -0.1) is 0 Å². The van der Waals surface area contributed by atoms with Crippen LogP contribution in [-0.2, 0) is 18.2 Å². The van der Waals surface area contributed by atoms with Crippen molar-refractivity contribution in [3.8, 4) is 0 Å². The van der Waals surface area contributed by atoms with Gasteiger partial charge < -0.3 is 9.72 Å². The van der Waals surface area contributed by atoms with E-state index >= 15 is 0 Å². The van der Waals surface area contributed by atoms with Crippen LogP contribution in [0.1, 0.15) is 5.82 Å². The zero-order valence-corrected chi connectivity index (χ0v) is 10.1. The number of aryl methyl sites for hydroxylation is 1. The van der Waals surface area contributed by atoms with Gasteiger partial charge in [-0.05, 0) is 0 Å². The van der Waals surface area contributed by atoms with Crippen molar-refractivity contribution in [2.75, 3.05) is 13.2 Å². The van der Waals surface area contributed by atoms with Crippen LogP contribution in [0.5, 0.6) is 0 Å². The number of nitrogens with one attached hydrogen (secondary N) is 2. The molecule has 0 saturated heterocycles. The summed E-state index contributed by atoms with van der Waals surface area (Å²) in [6.07, 6.45) is -2.27.